The topological polar surface area (TPSA) is 41.1 Å². The number of nitrogens with zero attached hydrogens (tertiary/aromatic N) is 3. The van der Waals surface area contributed by atoms with Gasteiger partial charge in [-0.25, -0.2) is 4.98 Å². The van der Waals surface area contributed by atoms with Crippen LogP contribution in [0.25, 0.3) is 0 Å². The summed E-state index contributed by atoms with van der Waals surface area (Å²) in [6.07, 6.45) is 2.28. The van der Waals surface area contributed by atoms with E-state index in [1.807, 2.05) is 0 Å². The summed E-state index contributed by atoms with van der Waals surface area (Å²) in [5.41, 5.74) is 4.14. The molecule has 0 unspecified atom stereocenters. The Labute approximate surface area is 150 Å². The van der Waals surface area contributed by atoms with Crippen LogP contribution in [0.5, 0.6) is 0 Å². The van der Waals surface area contributed by atoms with Gasteiger partial charge in [0.2, 0.25) is 5.95 Å². The lowest BCUT2D eigenvalue weighted by Gasteiger charge is -2.30. The minimum Gasteiger partial charge on any atom is -0.352 e. The van der Waals surface area contributed by atoms with Crippen LogP contribution >= 0.6 is 0 Å². The summed E-state index contributed by atoms with van der Waals surface area (Å²) < 4.78 is 0. The highest BCUT2D eigenvalue weighted by atomic mass is 15.3. The zero-order valence-electron chi connectivity index (χ0n) is 15.7. The van der Waals surface area contributed by atoms with Crippen molar-refractivity contribution in [3.05, 3.63) is 47.2 Å². The van der Waals surface area contributed by atoms with Crippen molar-refractivity contribution in [2.45, 2.75) is 64.5 Å². The third-order valence-corrected chi connectivity index (χ3v) is 5.70. The maximum absolute atomic E-state index is 4.88. The van der Waals surface area contributed by atoms with E-state index in [0.717, 1.165) is 30.4 Å². The highest BCUT2D eigenvalue weighted by molar-refractivity contribution is 5.55. The molecule has 2 aromatic rings. The molecule has 0 radical (unpaired) electrons. The van der Waals surface area contributed by atoms with Crippen molar-refractivity contribution in [3.63, 3.8) is 0 Å². The Morgan fingerprint density at radius 2 is 1.92 bits per heavy atom. The maximum Gasteiger partial charge on any atom is 0.225 e. The van der Waals surface area contributed by atoms with Gasteiger partial charge in [-0.2, -0.15) is 4.98 Å². The number of rotatable bonds is 5. The maximum atomic E-state index is 4.88. The van der Waals surface area contributed by atoms with Crippen molar-refractivity contribution in [2.75, 3.05) is 16.8 Å². The van der Waals surface area contributed by atoms with E-state index in [-0.39, 0.29) is 0 Å². The van der Waals surface area contributed by atoms with Crippen molar-refractivity contribution in [1.82, 2.24) is 9.97 Å². The Balaban J connectivity index is 1.69. The van der Waals surface area contributed by atoms with Gasteiger partial charge in [0.1, 0.15) is 5.82 Å². The molecule has 25 heavy (non-hydrogen) atoms. The molecule has 3 atom stereocenters. The van der Waals surface area contributed by atoms with E-state index in [0.29, 0.717) is 23.9 Å². The second-order valence-corrected chi connectivity index (χ2v) is 7.81. The first kappa shape index (κ1) is 16.4. The Morgan fingerprint density at radius 1 is 1.16 bits per heavy atom. The average molecular weight is 336 g/mol. The van der Waals surface area contributed by atoms with Gasteiger partial charge in [0.05, 0.1) is 11.7 Å². The van der Waals surface area contributed by atoms with Crippen molar-refractivity contribution in [3.8, 4) is 0 Å². The predicted octanol–water partition coefficient (Wildman–Crippen LogP) is 4.86. The van der Waals surface area contributed by atoms with E-state index in [2.05, 4.69) is 68.2 Å². The van der Waals surface area contributed by atoms with Gasteiger partial charge in [-0.15, -0.1) is 0 Å². The Morgan fingerprint density at radius 3 is 2.64 bits per heavy atom. The van der Waals surface area contributed by atoms with Crippen molar-refractivity contribution in [1.29, 1.82) is 0 Å². The summed E-state index contributed by atoms with van der Waals surface area (Å²) in [7, 11) is 0. The Hall–Kier alpha value is -2.10. The molecule has 4 rings (SSSR count). The van der Waals surface area contributed by atoms with Crippen LogP contribution < -0.4 is 10.2 Å². The number of nitrogens with one attached hydrogen (secondary N) is 1. The van der Waals surface area contributed by atoms with Crippen LogP contribution in [0.4, 0.5) is 11.8 Å². The molecule has 1 aliphatic carbocycles. The van der Waals surface area contributed by atoms with Crippen LogP contribution in [0, 0.1) is 0 Å². The number of anilines is 2. The summed E-state index contributed by atoms with van der Waals surface area (Å²) in [5.74, 6) is 2.88. The summed E-state index contributed by atoms with van der Waals surface area (Å²) in [6, 6.07) is 11.9. The van der Waals surface area contributed by atoms with Gasteiger partial charge in [0, 0.05) is 24.6 Å². The molecule has 0 amide bonds. The van der Waals surface area contributed by atoms with E-state index < -0.39 is 0 Å². The van der Waals surface area contributed by atoms with Gasteiger partial charge in [-0.05, 0) is 36.8 Å². The van der Waals surface area contributed by atoms with Gasteiger partial charge in [0.15, 0.2) is 0 Å². The number of hydrogen-bond donors (Lipinski definition) is 1. The number of fused-ring (bicyclic) bond motifs is 5. The van der Waals surface area contributed by atoms with Crippen LogP contribution in [0.3, 0.4) is 0 Å². The van der Waals surface area contributed by atoms with Crippen molar-refractivity contribution >= 4 is 11.8 Å². The summed E-state index contributed by atoms with van der Waals surface area (Å²) in [6.45, 7) is 9.83. The largest absolute Gasteiger partial charge is 0.352 e. The molecule has 2 bridgehead atoms. The lowest BCUT2D eigenvalue weighted by molar-refractivity contribution is 0.713. The van der Waals surface area contributed by atoms with Gasteiger partial charge >= 0.3 is 0 Å². The standard InChI is InChI=1S/C21H28N4/c1-5-14(4)22-21-23-18(13(2)3)11-20(24-21)25-12-15-10-19(25)17-9-7-6-8-16(15)17/h6-9,11,13-15,19H,5,10,12H2,1-4H3,(H,22,23,24)/t14-,15-,19+/m1/s1. The first-order chi connectivity index (χ1) is 12.1. The fraction of sp³-hybridized carbons (Fsp3) is 0.524. The molecule has 1 aromatic carbocycles. The van der Waals surface area contributed by atoms with Gasteiger partial charge in [-0.1, -0.05) is 45.0 Å². The number of hydrogen-bond acceptors (Lipinski definition) is 4. The third-order valence-electron chi connectivity index (χ3n) is 5.70. The van der Waals surface area contributed by atoms with E-state index >= 15 is 0 Å². The third kappa shape index (κ3) is 2.88. The Bertz CT molecular complexity index is 770. The Kier molecular flexibility index (Phi) is 4.14. The monoisotopic (exact) mass is 336 g/mol. The van der Waals surface area contributed by atoms with E-state index in [9.17, 15) is 0 Å². The molecule has 4 nitrogen and oxygen atoms in total. The molecule has 1 aromatic heterocycles. The molecule has 2 aliphatic rings. The summed E-state index contributed by atoms with van der Waals surface area (Å²) in [4.78, 5) is 12.1. The zero-order valence-corrected chi connectivity index (χ0v) is 15.7. The quantitative estimate of drug-likeness (QED) is 0.846. The first-order valence-electron chi connectivity index (χ1n) is 9.57. The van der Waals surface area contributed by atoms with Crippen LogP contribution in [0.1, 0.15) is 75.2 Å². The lowest BCUT2D eigenvalue weighted by Crippen LogP contribution is -2.29. The van der Waals surface area contributed by atoms with E-state index in [1.165, 1.54) is 12.0 Å². The smallest absolute Gasteiger partial charge is 0.225 e. The summed E-state index contributed by atoms with van der Waals surface area (Å²) in [5, 5.41) is 3.47. The van der Waals surface area contributed by atoms with Crippen molar-refractivity contribution in [2.24, 2.45) is 0 Å². The molecule has 0 saturated carbocycles. The SMILES string of the molecule is CC[C@@H](C)Nc1nc(C(C)C)cc(N2C[C@H]3C[C@H]2c2ccccc23)n1. The normalized spacial score (nSPS) is 22.4. The van der Waals surface area contributed by atoms with Gasteiger partial charge in [0.25, 0.3) is 0 Å². The molecule has 1 N–H and O–H groups in total. The van der Waals surface area contributed by atoms with Crippen LogP contribution in [0.15, 0.2) is 30.3 Å². The highest BCUT2D eigenvalue weighted by Gasteiger charge is 2.42. The molecule has 1 saturated heterocycles. The highest BCUT2D eigenvalue weighted by Crippen LogP contribution is 2.51. The second kappa shape index (κ2) is 6.32. The fourth-order valence-corrected chi connectivity index (χ4v) is 4.08. The molecule has 132 valence electrons. The molecular weight excluding hydrogens is 308 g/mol. The fourth-order valence-electron chi connectivity index (χ4n) is 4.08. The van der Waals surface area contributed by atoms with Gasteiger partial charge < -0.3 is 10.2 Å². The van der Waals surface area contributed by atoms with Crippen molar-refractivity contribution < 1.29 is 0 Å². The molecule has 1 fully saturated rings. The molecule has 0 spiro atoms. The number of benzene rings is 1. The van der Waals surface area contributed by atoms with Crippen LogP contribution in [-0.2, 0) is 0 Å². The second-order valence-electron chi connectivity index (χ2n) is 7.81. The molecule has 1 aliphatic heterocycles. The molecule has 2 heterocycles. The minimum absolute atomic E-state index is 0.381. The predicted molar refractivity (Wildman–Crippen MR) is 103 cm³/mol. The lowest BCUT2D eigenvalue weighted by atomic mass is 9.99. The first-order valence-corrected chi connectivity index (χ1v) is 9.57. The number of aromatic nitrogens is 2. The minimum atomic E-state index is 0.381. The van der Waals surface area contributed by atoms with Crippen LogP contribution in [0.2, 0.25) is 0 Å². The van der Waals surface area contributed by atoms with E-state index in [4.69, 9.17) is 9.97 Å². The molecular formula is C21H28N4. The zero-order chi connectivity index (χ0) is 17.6. The summed E-state index contributed by atoms with van der Waals surface area (Å²) >= 11 is 0. The van der Waals surface area contributed by atoms with E-state index in [1.54, 1.807) is 5.56 Å². The average Bonchev–Trinajstić information content (AvgIpc) is 3.21. The van der Waals surface area contributed by atoms with Gasteiger partial charge in [-0.3, -0.25) is 0 Å². The molecule has 4 heteroatoms. The van der Waals surface area contributed by atoms with Crippen LogP contribution in [-0.4, -0.2) is 22.6 Å².